The number of aromatic nitrogens is 4. The molecule has 53 valence electrons. The van der Waals surface area contributed by atoms with E-state index in [-0.39, 0.29) is 0 Å². The topological polar surface area (TPSA) is 51.6 Å². The summed E-state index contributed by atoms with van der Waals surface area (Å²) in [5.74, 6) is 0.571. The summed E-state index contributed by atoms with van der Waals surface area (Å²) < 4.78 is 0. The van der Waals surface area contributed by atoms with Gasteiger partial charge in [-0.2, -0.15) is 0 Å². The highest BCUT2D eigenvalue weighted by molar-refractivity contribution is 7.07. The molecule has 1 radical (unpaired) electrons. The zero-order valence-corrected chi connectivity index (χ0v) is 6.25. The van der Waals surface area contributed by atoms with Crippen molar-refractivity contribution in [1.82, 2.24) is 19.9 Å². The van der Waals surface area contributed by atoms with Gasteiger partial charge in [0, 0.05) is 5.38 Å². The second kappa shape index (κ2) is 2.71. The van der Waals surface area contributed by atoms with Crippen LogP contribution >= 0.6 is 11.3 Å². The van der Waals surface area contributed by atoms with Crippen LogP contribution in [-0.4, -0.2) is 19.9 Å². The van der Waals surface area contributed by atoms with E-state index in [1.54, 1.807) is 5.51 Å². The summed E-state index contributed by atoms with van der Waals surface area (Å²) in [6.07, 6.45) is 3.86. The van der Waals surface area contributed by atoms with E-state index in [1.807, 2.05) is 5.38 Å². The van der Waals surface area contributed by atoms with Gasteiger partial charge in [0.1, 0.15) is 12.0 Å². The van der Waals surface area contributed by atoms with Crippen molar-refractivity contribution in [2.24, 2.45) is 0 Å². The number of thiazole rings is 1. The summed E-state index contributed by atoms with van der Waals surface area (Å²) in [5.41, 5.74) is 2.51. The maximum Gasteiger partial charge on any atom is 0.201 e. The van der Waals surface area contributed by atoms with Crippen LogP contribution < -0.4 is 0 Å². The van der Waals surface area contributed by atoms with E-state index >= 15 is 0 Å². The van der Waals surface area contributed by atoms with E-state index in [0.717, 1.165) is 5.69 Å². The molecule has 0 spiro atoms. The van der Waals surface area contributed by atoms with Gasteiger partial charge in [0.05, 0.1) is 5.51 Å². The maximum absolute atomic E-state index is 4.03. The van der Waals surface area contributed by atoms with Crippen molar-refractivity contribution in [2.45, 2.75) is 0 Å². The first-order valence-corrected chi connectivity index (χ1v) is 3.85. The molecule has 0 fully saturated rings. The fourth-order valence-electron chi connectivity index (χ4n) is 0.661. The van der Waals surface area contributed by atoms with Crippen LogP contribution in [0.5, 0.6) is 0 Å². The minimum atomic E-state index is 0.571. The second-order valence-corrected chi connectivity index (χ2v) is 2.50. The molecule has 0 bridgehead atoms. The standard InChI is InChI=1S/C6H3N4S/c1-5(10-4-11-1)6-8-2-7-3-9-6/h1-2,4H. The lowest BCUT2D eigenvalue weighted by molar-refractivity contribution is 1.03. The zero-order chi connectivity index (χ0) is 7.52. The molecule has 0 N–H and O–H groups in total. The molecule has 0 saturated carbocycles. The summed E-state index contributed by atoms with van der Waals surface area (Å²) in [7, 11) is 0. The van der Waals surface area contributed by atoms with Gasteiger partial charge in [-0.25, -0.2) is 19.9 Å². The average Bonchev–Trinajstić information content (AvgIpc) is 2.58. The normalized spacial score (nSPS) is 9.82. The number of nitrogens with zero attached hydrogens (tertiary/aromatic N) is 4. The van der Waals surface area contributed by atoms with Crippen molar-refractivity contribution in [3.8, 4) is 11.5 Å². The van der Waals surface area contributed by atoms with Gasteiger partial charge in [0.25, 0.3) is 0 Å². The average molecular weight is 163 g/mol. The molecule has 0 unspecified atom stereocenters. The molecule has 0 amide bonds. The van der Waals surface area contributed by atoms with Gasteiger partial charge in [-0.15, -0.1) is 11.3 Å². The number of hydrogen-bond acceptors (Lipinski definition) is 5. The maximum atomic E-state index is 4.03. The molecule has 0 atom stereocenters. The van der Waals surface area contributed by atoms with Crippen molar-refractivity contribution in [1.29, 1.82) is 0 Å². The van der Waals surface area contributed by atoms with Crippen LogP contribution in [0.15, 0.2) is 17.2 Å². The highest BCUT2D eigenvalue weighted by Crippen LogP contribution is 2.11. The summed E-state index contributed by atoms with van der Waals surface area (Å²) in [6.45, 7) is 0. The first-order chi connectivity index (χ1) is 5.47. The molecule has 2 aromatic rings. The largest absolute Gasteiger partial charge is 0.241 e. The van der Waals surface area contributed by atoms with Gasteiger partial charge in [-0.05, 0) is 0 Å². The quantitative estimate of drug-likeness (QED) is 0.623. The highest BCUT2D eigenvalue weighted by Gasteiger charge is 1.99. The number of hydrogen-bond donors (Lipinski definition) is 0. The molecule has 0 aliphatic rings. The monoisotopic (exact) mass is 163 g/mol. The predicted molar refractivity (Wildman–Crippen MR) is 39.8 cm³/mol. The highest BCUT2D eigenvalue weighted by atomic mass is 32.1. The van der Waals surface area contributed by atoms with Gasteiger partial charge < -0.3 is 0 Å². The predicted octanol–water partition coefficient (Wildman–Crippen LogP) is 0.795. The van der Waals surface area contributed by atoms with Crippen molar-refractivity contribution < 1.29 is 0 Å². The third-order valence-corrected chi connectivity index (χ3v) is 1.70. The summed E-state index contributed by atoms with van der Waals surface area (Å²) in [6, 6.07) is 0. The van der Waals surface area contributed by atoms with E-state index < -0.39 is 0 Å². The van der Waals surface area contributed by atoms with Crippen LogP contribution in [0.25, 0.3) is 11.5 Å². The molecule has 2 rings (SSSR count). The van der Waals surface area contributed by atoms with Crippen molar-refractivity contribution in [3.63, 3.8) is 0 Å². The Labute approximate surface area is 67.0 Å². The van der Waals surface area contributed by atoms with E-state index in [1.165, 1.54) is 17.7 Å². The van der Waals surface area contributed by atoms with Crippen molar-refractivity contribution >= 4 is 11.3 Å². The fourth-order valence-corrected chi connectivity index (χ4v) is 1.19. The molecule has 5 heteroatoms. The first kappa shape index (κ1) is 6.36. The van der Waals surface area contributed by atoms with Crippen LogP contribution in [0.3, 0.4) is 0 Å². The lowest BCUT2D eigenvalue weighted by atomic mass is 10.5. The minimum Gasteiger partial charge on any atom is -0.241 e. The molecule has 0 saturated heterocycles. The molecule has 0 aliphatic carbocycles. The molecule has 2 aromatic heterocycles. The molecular formula is C6H3N4S. The molecular weight excluding hydrogens is 160 g/mol. The Bertz CT molecular complexity index is 318. The SMILES string of the molecule is [c]1ncnc(-c2cscn2)n1. The molecule has 2 heterocycles. The molecule has 11 heavy (non-hydrogen) atoms. The van der Waals surface area contributed by atoms with Crippen LogP contribution in [-0.2, 0) is 0 Å². The zero-order valence-electron chi connectivity index (χ0n) is 5.43. The third kappa shape index (κ3) is 1.22. The van der Waals surface area contributed by atoms with Crippen molar-refractivity contribution in [3.05, 3.63) is 23.5 Å². The van der Waals surface area contributed by atoms with Crippen molar-refractivity contribution in [2.75, 3.05) is 0 Å². The molecule has 4 nitrogen and oxygen atoms in total. The number of rotatable bonds is 1. The van der Waals surface area contributed by atoms with Crippen LogP contribution in [0, 0.1) is 6.33 Å². The van der Waals surface area contributed by atoms with Crippen LogP contribution in [0.1, 0.15) is 0 Å². The van der Waals surface area contributed by atoms with Gasteiger partial charge >= 0.3 is 0 Å². The Hall–Kier alpha value is -1.36. The smallest absolute Gasteiger partial charge is 0.201 e. The summed E-state index contributed by atoms with van der Waals surface area (Å²) >= 11 is 1.51. The minimum absolute atomic E-state index is 0.571. The van der Waals surface area contributed by atoms with Crippen LogP contribution in [0.4, 0.5) is 0 Å². The van der Waals surface area contributed by atoms with E-state index in [9.17, 15) is 0 Å². The Kier molecular flexibility index (Phi) is 1.57. The summed E-state index contributed by atoms with van der Waals surface area (Å²) in [5, 5.41) is 1.88. The lowest BCUT2D eigenvalue weighted by Crippen LogP contribution is -1.88. The Balaban J connectivity index is 2.46. The lowest BCUT2D eigenvalue weighted by Gasteiger charge is -1.88. The first-order valence-electron chi connectivity index (χ1n) is 2.90. The van der Waals surface area contributed by atoms with E-state index in [0.29, 0.717) is 5.82 Å². The Morgan fingerprint density at radius 2 is 2.36 bits per heavy atom. The van der Waals surface area contributed by atoms with Gasteiger partial charge in [-0.3, -0.25) is 0 Å². The van der Waals surface area contributed by atoms with Crippen LogP contribution in [0.2, 0.25) is 0 Å². The Morgan fingerprint density at radius 3 is 3.00 bits per heavy atom. The van der Waals surface area contributed by atoms with Gasteiger partial charge in [0.15, 0.2) is 5.82 Å². The molecule has 0 aliphatic heterocycles. The second-order valence-electron chi connectivity index (χ2n) is 1.78. The fraction of sp³-hybridized carbons (Fsp3) is 0. The third-order valence-electron chi connectivity index (χ3n) is 1.11. The summed E-state index contributed by atoms with van der Waals surface area (Å²) in [4.78, 5) is 15.3. The van der Waals surface area contributed by atoms with E-state index in [2.05, 4.69) is 26.3 Å². The van der Waals surface area contributed by atoms with Gasteiger partial charge in [-0.1, -0.05) is 0 Å². The molecule has 0 aromatic carbocycles. The van der Waals surface area contributed by atoms with Gasteiger partial charge in [0.2, 0.25) is 6.33 Å². The van der Waals surface area contributed by atoms with E-state index in [4.69, 9.17) is 0 Å². The Morgan fingerprint density at radius 1 is 1.36 bits per heavy atom.